The molecule has 0 bridgehead atoms. The lowest BCUT2D eigenvalue weighted by Gasteiger charge is -2.35. The molecule has 192 valence electrons. The van der Waals surface area contributed by atoms with Crippen LogP contribution < -0.4 is 5.32 Å². The van der Waals surface area contributed by atoms with E-state index in [-0.39, 0.29) is 22.7 Å². The molecule has 0 spiro atoms. The SMILES string of the molecule is CCC(C=O)(CC)C(=O)Nc1cc(C(=O)OC)cc(C(=O)N2CCN(Cc3ccc(Br)cc3)CC2)c1. The molecule has 2 aromatic carbocycles. The molecule has 0 radical (unpaired) electrons. The minimum atomic E-state index is -1.17. The molecule has 0 aliphatic carbocycles. The summed E-state index contributed by atoms with van der Waals surface area (Å²) in [6, 6.07) is 12.7. The minimum Gasteiger partial charge on any atom is -0.465 e. The maximum Gasteiger partial charge on any atom is 0.337 e. The molecule has 1 saturated heterocycles. The molecule has 0 atom stereocenters. The van der Waals surface area contributed by atoms with Crippen molar-refractivity contribution >= 4 is 45.7 Å². The highest BCUT2D eigenvalue weighted by Crippen LogP contribution is 2.27. The topological polar surface area (TPSA) is 96.0 Å². The van der Waals surface area contributed by atoms with Crippen LogP contribution in [0.25, 0.3) is 0 Å². The van der Waals surface area contributed by atoms with Crippen LogP contribution in [0, 0.1) is 5.41 Å². The van der Waals surface area contributed by atoms with Crippen LogP contribution in [0.2, 0.25) is 0 Å². The zero-order valence-electron chi connectivity index (χ0n) is 20.9. The number of carbonyl (C=O) groups is 4. The smallest absolute Gasteiger partial charge is 0.337 e. The van der Waals surface area contributed by atoms with Crippen LogP contribution in [0.3, 0.4) is 0 Å². The van der Waals surface area contributed by atoms with Crippen LogP contribution >= 0.6 is 15.9 Å². The van der Waals surface area contributed by atoms with Gasteiger partial charge in [-0.1, -0.05) is 41.9 Å². The number of ether oxygens (including phenoxy) is 1. The highest BCUT2D eigenvalue weighted by Gasteiger charge is 2.35. The van der Waals surface area contributed by atoms with Crippen LogP contribution in [0.5, 0.6) is 0 Å². The van der Waals surface area contributed by atoms with Gasteiger partial charge in [0.15, 0.2) is 0 Å². The van der Waals surface area contributed by atoms with Crippen molar-refractivity contribution in [2.75, 3.05) is 38.6 Å². The van der Waals surface area contributed by atoms with Crippen LogP contribution in [0.1, 0.15) is 53.0 Å². The van der Waals surface area contributed by atoms with Crippen LogP contribution in [-0.2, 0) is 20.9 Å². The van der Waals surface area contributed by atoms with Crippen molar-refractivity contribution < 1.29 is 23.9 Å². The Balaban J connectivity index is 1.75. The standard InChI is InChI=1S/C27H32BrN3O5/c1-4-27(5-2,18-32)26(35)29-23-15-20(14-21(16-23)25(34)36-3)24(33)31-12-10-30(11-13-31)17-19-6-8-22(28)9-7-19/h6-9,14-16,18H,4-5,10-13,17H2,1-3H3,(H,29,35). The van der Waals surface area contributed by atoms with E-state index in [2.05, 4.69) is 38.3 Å². The zero-order valence-corrected chi connectivity index (χ0v) is 22.5. The van der Waals surface area contributed by atoms with Gasteiger partial charge < -0.3 is 19.7 Å². The maximum absolute atomic E-state index is 13.3. The number of halogens is 1. The van der Waals surface area contributed by atoms with Gasteiger partial charge in [-0.15, -0.1) is 0 Å². The van der Waals surface area contributed by atoms with Crippen molar-refractivity contribution in [3.8, 4) is 0 Å². The lowest BCUT2D eigenvalue weighted by molar-refractivity contribution is -0.132. The minimum absolute atomic E-state index is 0.150. The Bertz CT molecular complexity index is 1110. The van der Waals surface area contributed by atoms with Gasteiger partial charge in [-0.05, 0) is 48.7 Å². The van der Waals surface area contributed by atoms with Crippen molar-refractivity contribution in [2.24, 2.45) is 5.41 Å². The molecule has 1 aliphatic rings. The van der Waals surface area contributed by atoms with E-state index in [4.69, 9.17) is 4.74 Å². The molecule has 1 N–H and O–H groups in total. The number of nitrogens with zero attached hydrogens (tertiary/aromatic N) is 2. The normalized spacial score (nSPS) is 14.3. The van der Waals surface area contributed by atoms with Gasteiger partial charge in [-0.2, -0.15) is 0 Å². The number of piperazine rings is 1. The number of hydrogen-bond acceptors (Lipinski definition) is 6. The summed E-state index contributed by atoms with van der Waals surface area (Å²) in [4.78, 5) is 54.2. The Morgan fingerprint density at radius 1 is 1.00 bits per heavy atom. The van der Waals surface area contributed by atoms with Crippen LogP contribution in [0.4, 0.5) is 5.69 Å². The van der Waals surface area contributed by atoms with Crippen molar-refractivity contribution in [3.05, 3.63) is 63.6 Å². The molecule has 1 aliphatic heterocycles. The van der Waals surface area contributed by atoms with Gasteiger partial charge in [0.2, 0.25) is 5.91 Å². The lowest BCUT2D eigenvalue weighted by Crippen LogP contribution is -2.48. The average Bonchev–Trinajstić information content (AvgIpc) is 2.90. The number of nitrogens with one attached hydrogen (secondary N) is 1. The quantitative estimate of drug-likeness (QED) is 0.283. The molecule has 1 heterocycles. The highest BCUT2D eigenvalue weighted by atomic mass is 79.9. The first-order valence-electron chi connectivity index (χ1n) is 12.0. The zero-order chi connectivity index (χ0) is 26.3. The molecule has 36 heavy (non-hydrogen) atoms. The number of esters is 1. The number of amides is 2. The van der Waals surface area contributed by atoms with Gasteiger partial charge in [0.05, 0.1) is 12.7 Å². The van der Waals surface area contributed by atoms with E-state index in [1.54, 1.807) is 24.8 Å². The first kappa shape index (κ1) is 27.5. The number of hydrogen-bond donors (Lipinski definition) is 1. The second kappa shape index (κ2) is 12.3. The van der Waals surface area contributed by atoms with E-state index in [1.165, 1.54) is 24.8 Å². The molecule has 1 fully saturated rings. The predicted octanol–water partition coefficient (Wildman–Crippen LogP) is 4.14. The molecular weight excluding hydrogens is 526 g/mol. The molecular formula is C27H32BrN3O5. The van der Waals surface area contributed by atoms with Crippen molar-refractivity contribution in [1.29, 1.82) is 0 Å². The number of methoxy groups -OCH3 is 1. The molecule has 0 unspecified atom stereocenters. The Kier molecular flexibility index (Phi) is 9.39. The molecule has 0 saturated carbocycles. The molecule has 9 heteroatoms. The molecule has 3 rings (SSSR count). The molecule has 2 amide bonds. The fraction of sp³-hybridized carbons (Fsp3) is 0.407. The second-order valence-corrected chi connectivity index (χ2v) is 9.84. The van der Waals surface area contributed by atoms with E-state index >= 15 is 0 Å². The van der Waals surface area contributed by atoms with Gasteiger partial charge in [-0.3, -0.25) is 14.5 Å². The van der Waals surface area contributed by atoms with Gasteiger partial charge in [-0.25, -0.2) is 4.79 Å². The van der Waals surface area contributed by atoms with Gasteiger partial charge >= 0.3 is 5.97 Å². The van der Waals surface area contributed by atoms with Gasteiger partial charge in [0, 0.05) is 48.4 Å². The van der Waals surface area contributed by atoms with E-state index < -0.39 is 17.3 Å². The number of rotatable bonds is 9. The monoisotopic (exact) mass is 557 g/mol. The third-order valence-electron chi connectivity index (χ3n) is 6.78. The third kappa shape index (κ3) is 6.39. The fourth-order valence-electron chi connectivity index (χ4n) is 4.25. The van der Waals surface area contributed by atoms with Crippen molar-refractivity contribution in [2.45, 2.75) is 33.2 Å². The first-order chi connectivity index (χ1) is 17.2. The summed E-state index contributed by atoms with van der Waals surface area (Å²) in [5, 5.41) is 2.73. The number of carbonyl (C=O) groups excluding carboxylic acids is 4. The number of benzene rings is 2. The second-order valence-electron chi connectivity index (χ2n) is 8.92. The maximum atomic E-state index is 13.3. The van der Waals surface area contributed by atoms with Gasteiger partial charge in [0.25, 0.3) is 5.91 Å². The lowest BCUT2D eigenvalue weighted by atomic mass is 9.83. The average molecular weight is 558 g/mol. The van der Waals surface area contributed by atoms with Crippen LogP contribution in [-0.4, -0.2) is 67.2 Å². The summed E-state index contributed by atoms with van der Waals surface area (Å²) in [7, 11) is 1.26. The summed E-state index contributed by atoms with van der Waals surface area (Å²) < 4.78 is 5.88. The summed E-state index contributed by atoms with van der Waals surface area (Å²) >= 11 is 3.45. The summed E-state index contributed by atoms with van der Waals surface area (Å²) in [6.45, 7) is 6.87. The first-order valence-corrected chi connectivity index (χ1v) is 12.8. The highest BCUT2D eigenvalue weighted by molar-refractivity contribution is 9.10. The number of aldehydes is 1. The molecule has 0 aromatic heterocycles. The van der Waals surface area contributed by atoms with E-state index in [9.17, 15) is 19.2 Å². The van der Waals surface area contributed by atoms with Crippen molar-refractivity contribution in [1.82, 2.24) is 9.80 Å². The summed E-state index contributed by atoms with van der Waals surface area (Å²) in [5.74, 6) is -1.32. The van der Waals surface area contributed by atoms with E-state index in [0.29, 0.717) is 32.2 Å². The Labute approximate surface area is 220 Å². The third-order valence-corrected chi connectivity index (χ3v) is 7.31. The van der Waals surface area contributed by atoms with E-state index in [1.807, 2.05) is 12.1 Å². The summed E-state index contributed by atoms with van der Waals surface area (Å²) in [5.41, 5.74) is 0.732. The largest absolute Gasteiger partial charge is 0.465 e. The molecule has 2 aromatic rings. The number of anilines is 1. The Morgan fingerprint density at radius 2 is 1.61 bits per heavy atom. The van der Waals surface area contributed by atoms with E-state index in [0.717, 1.165) is 24.1 Å². The van der Waals surface area contributed by atoms with Gasteiger partial charge in [0.1, 0.15) is 11.7 Å². The van der Waals surface area contributed by atoms with Crippen molar-refractivity contribution in [3.63, 3.8) is 0 Å². The Morgan fingerprint density at radius 3 is 2.17 bits per heavy atom. The molecule has 8 nitrogen and oxygen atoms in total. The summed E-state index contributed by atoms with van der Waals surface area (Å²) in [6.07, 6.45) is 1.34. The van der Waals surface area contributed by atoms with Crippen LogP contribution in [0.15, 0.2) is 46.9 Å². The predicted molar refractivity (Wildman–Crippen MR) is 141 cm³/mol. The fourth-order valence-corrected chi connectivity index (χ4v) is 4.51. The Hall–Kier alpha value is -3.04.